The van der Waals surface area contributed by atoms with Gasteiger partial charge in [0.15, 0.2) is 50.2 Å². The Labute approximate surface area is 412 Å². The minimum Gasteiger partial charge on any atom is -0.473 e. The monoisotopic (exact) mass is 1030 g/mol. The normalized spacial score (nSPS) is 15.2. The largest absolute Gasteiger partial charge is 0.473 e. The van der Waals surface area contributed by atoms with Crippen LogP contribution in [0.4, 0.5) is 75.4 Å². The second-order valence-electron chi connectivity index (χ2n) is 17.9. The van der Waals surface area contributed by atoms with Gasteiger partial charge in [0, 0.05) is 81.8 Å². The first-order chi connectivity index (χ1) is 35.3. The van der Waals surface area contributed by atoms with Crippen LogP contribution in [0.1, 0.15) is 33.4 Å². The molecule has 0 bridgehead atoms. The first kappa shape index (κ1) is 48.1. The summed E-state index contributed by atoms with van der Waals surface area (Å²) in [5, 5.41) is 3.12. The Bertz CT molecular complexity index is 3270. The van der Waals surface area contributed by atoms with Gasteiger partial charge in [-0.25, -0.2) is 26.3 Å². The number of alkyl halides is 6. The standard InChI is InChI=1S/C28H20F6N2O2.C26H16F6N2O2/c29-27(30,31)19-3-1-5-21(11-19)35-13-17-7-9-24-23(25(17)37-15-35)10-8-18-14-36(16-38-26(18)24)22-6-2-4-20(12-22)28(32,33)34;27-17-5-19(29)25(20(30)6-17)33-9-15-1-13-2-16-10-34(26-21(31)7-18(28)8-22(26)32)12-36-24(16)4-14(13)3-23(15)35-11-33/h1-12H,13-16H2;1-8H,9-12H2. The molecule has 12 rings (SSSR count). The zero-order chi connectivity index (χ0) is 51.8. The Hall–Kier alpha value is -8.16. The molecule has 0 saturated carbocycles. The Kier molecular flexibility index (Phi) is 12.0. The number of fused-ring (bicyclic) bond motifs is 8. The molecule has 4 aliphatic rings. The number of benzene rings is 8. The van der Waals surface area contributed by atoms with E-state index in [2.05, 4.69) is 0 Å². The maximum absolute atomic E-state index is 14.3. The predicted octanol–water partition coefficient (Wildman–Crippen LogP) is 14.0. The lowest BCUT2D eigenvalue weighted by Gasteiger charge is -2.34. The second-order valence-corrected chi connectivity index (χ2v) is 17.9. The summed E-state index contributed by atoms with van der Waals surface area (Å²) in [6.45, 7) is 0.838. The molecule has 20 heteroatoms. The van der Waals surface area contributed by atoms with Gasteiger partial charge in [0.1, 0.15) is 46.0 Å². The molecule has 0 unspecified atom stereocenters. The summed E-state index contributed by atoms with van der Waals surface area (Å²) in [7, 11) is 0. The summed E-state index contributed by atoms with van der Waals surface area (Å²) < 4.78 is 186. The van der Waals surface area contributed by atoms with E-state index in [1.165, 1.54) is 21.9 Å². The van der Waals surface area contributed by atoms with Gasteiger partial charge in [0.2, 0.25) is 0 Å². The summed E-state index contributed by atoms with van der Waals surface area (Å²) in [6.07, 6.45) is -8.87. The van der Waals surface area contributed by atoms with Crippen LogP contribution in [0.3, 0.4) is 0 Å². The summed E-state index contributed by atoms with van der Waals surface area (Å²) in [5.41, 5.74) is 1.53. The van der Waals surface area contributed by atoms with Gasteiger partial charge in [-0.1, -0.05) is 36.4 Å². The van der Waals surface area contributed by atoms with Gasteiger partial charge in [0.25, 0.3) is 0 Å². The predicted molar refractivity (Wildman–Crippen MR) is 250 cm³/mol. The molecule has 0 aliphatic carbocycles. The van der Waals surface area contributed by atoms with Crippen molar-refractivity contribution in [2.75, 3.05) is 46.5 Å². The van der Waals surface area contributed by atoms with Crippen LogP contribution in [0.15, 0.2) is 121 Å². The lowest BCUT2D eigenvalue weighted by molar-refractivity contribution is -0.138. The zero-order valence-electron chi connectivity index (χ0n) is 38.2. The Morgan fingerprint density at radius 1 is 0.365 bits per heavy atom. The van der Waals surface area contributed by atoms with Gasteiger partial charge >= 0.3 is 12.4 Å². The minimum absolute atomic E-state index is 0.0781. The summed E-state index contributed by atoms with van der Waals surface area (Å²) in [5.74, 6) is -3.85. The number of hydrogen-bond acceptors (Lipinski definition) is 8. The van der Waals surface area contributed by atoms with E-state index in [9.17, 15) is 52.7 Å². The van der Waals surface area contributed by atoms with Crippen LogP contribution in [0.25, 0.3) is 21.5 Å². The third kappa shape index (κ3) is 9.17. The molecule has 0 saturated heterocycles. The molecule has 8 aromatic rings. The molecular formula is C54H36F12N4O4. The first-order valence-electron chi connectivity index (χ1n) is 22.7. The third-order valence-electron chi connectivity index (χ3n) is 13.1. The van der Waals surface area contributed by atoms with Crippen LogP contribution in [-0.4, -0.2) is 26.9 Å². The molecular weight excluding hydrogens is 997 g/mol. The quantitative estimate of drug-likeness (QED) is 0.162. The highest BCUT2D eigenvalue weighted by atomic mass is 19.4. The van der Waals surface area contributed by atoms with Crippen molar-refractivity contribution in [1.29, 1.82) is 0 Å². The van der Waals surface area contributed by atoms with Crippen molar-refractivity contribution in [3.63, 3.8) is 0 Å². The van der Waals surface area contributed by atoms with Crippen molar-refractivity contribution >= 4 is 44.3 Å². The lowest BCUT2D eigenvalue weighted by atomic mass is 9.99. The summed E-state index contributed by atoms with van der Waals surface area (Å²) >= 11 is 0. The zero-order valence-corrected chi connectivity index (χ0v) is 38.2. The van der Waals surface area contributed by atoms with Gasteiger partial charge in [-0.2, -0.15) is 26.3 Å². The van der Waals surface area contributed by atoms with Crippen LogP contribution in [0.5, 0.6) is 23.0 Å². The van der Waals surface area contributed by atoms with E-state index in [1.807, 2.05) is 24.3 Å². The van der Waals surface area contributed by atoms with Crippen molar-refractivity contribution in [2.45, 2.75) is 38.5 Å². The van der Waals surface area contributed by atoms with Crippen molar-refractivity contribution in [1.82, 2.24) is 0 Å². The molecule has 0 spiro atoms. The smallest absolute Gasteiger partial charge is 0.416 e. The first-order valence-corrected chi connectivity index (χ1v) is 22.7. The molecule has 0 radical (unpaired) electrons. The van der Waals surface area contributed by atoms with Gasteiger partial charge in [-0.05, 0) is 71.4 Å². The van der Waals surface area contributed by atoms with Crippen molar-refractivity contribution < 1.29 is 71.6 Å². The van der Waals surface area contributed by atoms with E-state index in [0.29, 0.717) is 82.9 Å². The molecule has 74 heavy (non-hydrogen) atoms. The molecule has 0 fully saturated rings. The number of anilines is 4. The Morgan fingerprint density at radius 3 is 1.12 bits per heavy atom. The van der Waals surface area contributed by atoms with Gasteiger partial charge < -0.3 is 38.5 Å². The number of rotatable bonds is 4. The van der Waals surface area contributed by atoms with Crippen LogP contribution >= 0.6 is 0 Å². The van der Waals surface area contributed by atoms with Gasteiger partial charge in [-0.3, -0.25) is 0 Å². The molecule has 380 valence electrons. The second kappa shape index (κ2) is 18.4. The van der Waals surface area contributed by atoms with E-state index in [4.69, 9.17) is 18.9 Å². The van der Waals surface area contributed by atoms with E-state index in [1.54, 1.807) is 46.2 Å². The van der Waals surface area contributed by atoms with Gasteiger partial charge in [0.05, 0.1) is 24.2 Å². The molecule has 0 atom stereocenters. The average Bonchev–Trinajstić information content (AvgIpc) is 3.36. The minimum atomic E-state index is -4.43. The van der Waals surface area contributed by atoms with Crippen molar-refractivity contribution in [2.24, 2.45) is 0 Å². The fraction of sp³-hybridized carbons (Fsp3) is 0.185. The Morgan fingerprint density at radius 2 is 0.730 bits per heavy atom. The molecule has 4 heterocycles. The van der Waals surface area contributed by atoms with Crippen LogP contribution < -0.4 is 38.5 Å². The highest BCUT2D eigenvalue weighted by molar-refractivity contribution is 5.96. The fourth-order valence-corrected chi connectivity index (χ4v) is 9.58. The molecule has 8 nitrogen and oxygen atoms in total. The fourth-order valence-electron chi connectivity index (χ4n) is 9.58. The van der Waals surface area contributed by atoms with Crippen LogP contribution in [0.2, 0.25) is 0 Å². The maximum Gasteiger partial charge on any atom is 0.416 e. The van der Waals surface area contributed by atoms with E-state index in [0.717, 1.165) is 56.9 Å². The molecule has 8 aromatic carbocycles. The van der Waals surface area contributed by atoms with E-state index in [-0.39, 0.29) is 51.4 Å². The molecule has 0 aromatic heterocycles. The SMILES string of the molecule is FC(F)(F)c1cccc(N2COc3c(ccc4c5c(ccc34)CN(c3cccc(C(F)(F)F)c3)CO5)C2)c1.Fc1cc(F)c(N2COc3cc4cc5c(cc4cc3C2)CN(c2c(F)cc(F)cc2F)CO5)c(F)c1. The van der Waals surface area contributed by atoms with Crippen molar-refractivity contribution in [3.05, 3.63) is 190 Å². The topological polar surface area (TPSA) is 49.9 Å². The molecule has 0 N–H and O–H groups in total. The summed E-state index contributed by atoms with van der Waals surface area (Å²) in [4.78, 5) is 6.10. The third-order valence-corrected chi connectivity index (χ3v) is 13.1. The highest BCUT2D eigenvalue weighted by Crippen LogP contribution is 2.44. The maximum atomic E-state index is 14.3. The number of nitrogens with zero attached hydrogens (tertiary/aromatic N) is 4. The van der Waals surface area contributed by atoms with E-state index < -0.39 is 58.4 Å². The number of ether oxygens (including phenoxy) is 4. The van der Waals surface area contributed by atoms with Crippen molar-refractivity contribution in [3.8, 4) is 23.0 Å². The lowest BCUT2D eigenvalue weighted by Crippen LogP contribution is -2.33. The van der Waals surface area contributed by atoms with Gasteiger partial charge in [-0.15, -0.1) is 0 Å². The van der Waals surface area contributed by atoms with Crippen LogP contribution in [0, 0.1) is 34.9 Å². The Balaban J connectivity index is 0.000000159. The average molecular weight is 1030 g/mol. The highest BCUT2D eigenvalue weighted by Gasteiger charge is 2.34. The molecule has 4 aliphatic heterocycles. The number of halogens is 12. The number of hydrogen-bond donors (Lipinski definition) is 0. The summed E-state index contributed by atoms with van der Waals surface area (Å²) in [6, 6.07) is 27.3. The van der Waals surface area contributed by atoms with Crippen LogP contribution in [-0.2, 0) is 38.5 Å². The molecule has 0 amide bonds. The van der Waals surface area contributed by atoms with E-state index >= 15 is 0 Å².